The molecule has 1 aromatic carbocycles. The first kappa shape index (κ1) is 17.5. The summed E-state index contributed by atoms with van der Waals surface area (Å²) in [7, 11) is 0. The number of carbonyl (C=O) groups excluding carboxylic acids is 2. The van der Waals surface area contributed by atoms with Gasteiger partial charge in [0.25, 0.3) is 0 Å². The van der Waals surface area contributed by atoms with Crippen molar-refractivity contribution >= 4 is 23.4 Å². The zero-order valence-corrected chi connectivity index (χ0v) is 14.5. The van der Waals surface area contributed by atoms with Crippen molar-refractivity contribution in [3.8, 4) is 11.5 Å². The molecular weight excluding hydrogens is 344 g/mol. The van der Waals surface area contributed by atoms with Crippen molar-refractivity contribution < 1.29 is 24.5 Å². The van der Waals surface area contributed by atoms with Crippen molar-refractivity contribution in [1.29, 1.82) is 0 Å². The highest BCUT2D eigenvalue weighted by Gasteiger charge is 2.36. The minimum atomic E-state index is -0.747. The van der Waals surface area contributed by atoms with E-state index in [-0.39, 0.29) is 34.5 Å². The molecule has 0 radical (unpaired) electrons. The molecule has 25 heavy (non-hydrogen) atoms. The van der Waals surface area contributed by atoms with Gasteiger partial charge in [0.1, 0.15) is 17.1 Å². The number of halogens is 1. The van der Waals surface area contributed by atoms with Crippen molar-refractivity contribution in [1.82, 2.24) is 0 Å². The Morgan fingerprint density at radius 2 is 1.92 bits per heavy atom. The van der Waals surface area contributed by atoms with Crippen LogP contribution >= 0.6 is 11.6 Å². The molecule has 1 aromatic rings. The molecule has 3 atom stereocenters. The summed E-state index contributed by atoms with van der Waals surface area (Å²) in [6, 6.07) is 0.982. The number of phenolic OH excluding ortho intramolecular Hbond substituents is 2. The molecule has 3 rings (SSSR count). The monoisotopic (exact) mass is 362 g/mol. The average Bonchev–Trinajstić information content (AvgIpc) is 3.25. The Hall–Kier alpha value is -2.27. The maximum absolute atomic E-state index is 12.5. The second-order valence-electron chi connectivity index (χ2n) is 6.58. The van der Waals surface area contributed by atoms with Crippen molar-refractivity contribution in [3.05, 3.63) is 46.5 Å². The Morgan fingerprint density at radius 1 is 1.16 bits per heavy atom. The zero-order valence-electron chi connectivity index (χ0n) is 13.7. The standard InChI is InChI=1S/C19H19ClO5/c1-10-6-12-7-11(12)4-2-3-5-13(21)8-14-17(19(24)25-10)15(22)9-16(23)18(14)20/h2-5,9-12,22-23H,6-8H2,1H3/b4-2+,5-3-/t10-,11-,12+/m0/s1. The van der Waals surface area contributed by atoms with E-state index in [2.05, 4.69) is 0 Å². The van der Waals surface area contributed by atoms with Crippen LogP contribution in [-0.4, -0.2) is 28.1 Å². The largest absolute Gasteiger partial charge is 0.507 e. The quantitative estimate of drug-likeness (QED) is 0.689. The smallest absolute Gasteiger partial charge is 0.342 e. The van der Waals surface area contributed by atoms with Crippen LogP contribution in [-0.2, 0) is 16.0 Å². The summed E-state index contributed by atoms with van der Waals surface area (Å²) in [5.74, 6) is -1.01. The fourth-order valence-electron chi connectivity index (χ4n) is 3.17. The van der Waals surface area contributed by atoms with E-state index in [4.69, 9.17) is 16.3 Å². The number of aromatic hydroxyl groups is 2. The van der Waals surface area contributed by atoms with Gasteiger partial charge in [-0.2, -0.15) is 0 Å². The minimum absolute atomic E-state index is 0.0661. The van der Waals surface area contributed by atoms with E-state index in [1.807, 2.05) is 12.2 Å². The molecule has 1 heterocycles. The Labute approximate surface area is 150 Å². The van der Waals surface area contributed by atoms with E-state index in [1.54, 1.807) is 13.0 Å². The lowest BCUT2D eigenvalue weighted by Gasteiger charge is -2.17. The van der Waals surface area contributed by atoms with Crippen LogP contribution < -0.4 is 0 Å². The molecule has 1 aliphatic heterocycles. The summed E-state index contributed by atoms with van der Waals surface area (Å²) >= 11 is 6.07. The SMILES string of the molecule is C[C@H]1C[C@@H]2C[C@@H]2/C=C/C=C\C(=O)Cc2c(Cl)c(O)cc(O)c2C(=O)O1. The number of benzene rings is 1. The van der Waals surface area contributed by atoms with E-state index in [9.17, 15) is 19.8 Å². The van der Waals surface area contributed by atoms with Gasteiger partial charge in [0, 0.05) is 18.1 Å². The lowest BCUT2D eigenvalue weighted by Crippen LogP contribution is -2.18. The number of fused-ring (bicyclic) bond motifs is 2. The van der Waals surface area contributed by atoms with Gasteiger partial charge in [0.15, 0.2) is 5.78 Å². The number of hydrogen-bond donors (Lipinski definition) is 2. The summed E-state index contributed by atoms with van der Waals surface area (Å²) in [5, 5.41) is 19.8. The van der Waals surface area contributed by atoms with E-state index in [1.165, 1.54) is 6.08 Å². The van der Waals surface area contributed by atoms with Gasteiger partial charge in [-0.15, -0.1) is 0 Å². The summed E-state index contributed by atoms with van der Waals surface area (Å²) in [4.78, 5) is 24.7. The molecule has 6 heteroatoms. The predicted molar refractivity (Wildman–Crippen MR) is 92.9 cm³/mol. The van der Waals surface area contributed by atoms with Crippen molar-refractivity contribution in [2.75, 3.05) is 0 Å². The maximum atomic E-state index is 12.5. The Bertz CT molecular complexity index is 781. The van der Waals surface area contributed by atoms with Crippen LogP contribution in [0.25, 0.3) is 0 Å². The molecule has 0 spiro atoms. The van der Waals surface area contributed by atoms with E-state index in [0.29, 0.717) is 11.8 Å². The van der Waals surface area contributed by atoms with Gasteiger partial charge >= 0.3 is 5.97 Å². The van der Waals surface area contributed by atoms with Crippen LogP contribution in [0.4, 0.5) is 0 Å². The second-order valence-corrected chi connectivity index (χ2v) is 6.96. The Morgan fingerprint density at radius 3 is 2.68 bits per heavy atom. The van der Waals surface area contributed by atoms with Crippen LogP contribution in [0.5, 0.6) is 11.5 Å². The zero-order chi connectivity index (χ0) is 18.1. The van der Waals surface area contributed by atoms with Gasteiger partial charge in [-0.25, -0.2) is 4.79 Å². The highest BCUT2D eigenvalue weighted by atomic mass is 35.5. The number of phenols is 2. The normalized spacial score (nSPS) is 29.0. The van der Waals surface area contributed by atoms with E-state index < -0.39 is 17.5 Å². The Kier molecular flexibility index (Phi) is 4.86. The average molecular weight is 363 g/mol. The fraction of sp³-hybridized carbons (Fsp3) is 0.368. The molecule has 0 saturated heterocycles. The molecule has 0 bridgehead atoms. The molecule has 5 nitrogen and oxygen atoms in total. The van der Waals surface area contributed by atoms with Gasteiger partial charge in [0.05, 0.1) is 11.1 Å². The van der Waals surface area contributed by atoms with Crippen molar-refractivity contribution in [2.24, 2.45) is 11.8 Å². The van der Waals surface area contributed by atoms with Crippen LogP contribution in [0, 0.1) is 11.8 Å². The number of cyclic esters (lactones) is 1. The molecule has 1 fully saturated rings. The molecule has 0 amide bonds. The molecule has 132 valence electrons. The van der Waals surface area contributed by atoms with E-state index in [0.717, 1.165) is 18.9 Å². The first-order chi connectivity index (χ1) is 11.9. The third kappa shape index (κ3) is 3.87. The highest BCUT2D eigenvalue weighted by Crippen LogP contribution is 2.44. The number of ketones is 1. The van der Waals surface area contributed by atoms with Gasteiger partial charge in [-0.05, 0) is 37.7 Å². The molecule has 0 aromatic heterocycles. The maximum Gasteiger partial charge on any atom is 0.342 e. The number of allylic oxidation sites excluding steroid dienone is 4. The molecule has 2 aliphatic rings. The molecule has 2 N–H and O–H groups in total. The molecule has 1 saturated carbocycles. The summed E-state index contributed by atoms with van der Waals surface area (Å²) in [6.45, 7) is 1.80. The van der Waals surface area contributed by atoms with Crippen LogP contribution in [0.3, 0.4) is 0 Å². The predicted octanol–water partition coefficient (Wildman–Crippen LogP) is 3.56. The first-order valence-corrected chi connectivity index (χ1v) is 8.56. The van der Waals surface area contributed by atoms with Crippen LogP contribution in [0.15, 0.2) is 30.4 Å². The lowest BCUT2D eigenvalue weighted by atomic mass is 10.00. The van der Waals surface area contributed by atoms with Crippen molar-refractivity contribution in [2.45, 2.75) is 32.3 Å². The summed E-state index contributed by atoms with van der Waals surface area (Å²) in [6.07, 6.45) is 8.13. The molecule has 1 aliphatic carbocycles. The fourth-order valence-corrected chi connectivity index (χ4v) is 3.39. The first-order valence-electron chi connectivity index (χ1n) is 8.18. The number of ether oxygens (including phenoxy) is 1. The van der Waals surface area contributed by atoms with Gasteiger partial charge in [0.2, 0.25) is 0 Å². The van der Waals surface area contributed by atoms with Crippen molar-refractivity contribution in [3.63, 3.8) is 0 Å². The topological polar surface area (TPSA) is 83.8 Å². The Balaban J connectivity index is 2.01. The summed E-state index contributed by atoms with van der Waals surface area (Å²) in [5.41, 5.74) is -0.104. The summed E-state index contributed by atoms with van der Waals surface area (Å²) < 4.78 is 5.44. The van der Waals surface area contributed by atoms with E-state index >= 15 is 0 Å². The minimum Gasteiger partial charge on any atom is -0.507 e. The van der Waals surface area contributed by atoms with Crippen LogP contribution in [0.2, 0.25) is 5.02 Å². The second kappa shape index (κ2) is 6.92. The highest BCUT2D eigenvalue weighted by molar-refractivity contribution is 6.33. The third-order valence-electron chi connectivity index (χ3n) is 4.55. The van der Waals surface area contributed by atoms with Crippen LogP contribution in [0.1, 0.15) is 35.7 Å². The van der Waals surface area contributed by atoms with Gasteiger partial charge < -0.3 is 14.9 Å². The molecular formula is C19H19ClO5. The number of hydrogen-bond acceptors (Lipinski definition) is 5. The van der Waals surface area contributed by atoms with Gasteiger partial charge in [-0.1, -0.05) is 29.8 Å². The number of carbonyl (C=O) groups is 2. The third-order valence-corrected chi connectivity index (χ3v) is 4.97. The molecule has 0 unspecified atom stereocenters. The number of esters is 1. The van der Waals surface area contributed by atoms with Gasteiger partial charge in [-0.3, -0.25) is 4.79 Å². The number of rotatable bonds is 0. The lowest BCUT2D eigenvalue weighted by molar-refractivity contribution is -0.114.